The second kappa shape index (κ2) is 10.9. The highest BCUT2D eigenvalue weighted by Crippen LogP contribution is 2.38. The van der Waals surface area contributed by atoms with Crippen molar-refractivity contribution >= 4 is 32.7 Å². The summed E-state index contributed by atoms with van der Waals surface area (Å²) in [5.74, 6) is 2.64. The molecule has 0 radical (unpaired) electrons. The predicted octanol–water partition coefficient (Wildman–Crippen LogP) is 6.04. The molecular formula is C28H28N4O4S2. The molecule has 38 heavy (non-hydrogen) atoms. The number of thioether (sulfide) groups is 1. The van der Waals surface area contributed by atoms with Gasteiger partial charge in [0.2, 0.25) is 0 Å². The summed E-state index contributed by atoms with van der Waals surface area (Å²) in [6, 6.07) is 21.3. The number of fused-ring (bicyclic) bond motifs is 1. The molecule has 5 aromatic rings. The van der Waals surface area contributed by atoms with Crippen LogP contribution in [0.25, 0.3) is 28.0 Å². The number of ether oxygens (including phenoxy) is 2. The lowest BCUT2D eigenvalue weighted by Gasteiger charge is -2.15. The van der Waals surface area contributed by atoms with Gasteiger partial charge in [0.15, 0.2) is 11.0 Å². The molecule has 0 spiro atoms. The molecule has 0 saturated carbocycles. The first-order chi connectivity index (χ1) is 18.5. The van der Waals surface area contributed by atoms with Crippen LogP contribution in [0.15, 0.2) is 89.0 Å². The van der Waals surface area contributed by atoms with Crippen molar-refractivity contribution in [2.45, 2.75) is 29.8 Å². The van der Waals surface area contributed by atoms with Gasteiger partial charge in [0, 0.05) is 29.0 Å². The molecule has 10 heteroatoms. The van der Waals surface area contributed by atoms with Crippen LogP contribution >= 0.6 is 11.8 Å². The maximum absolute atomic E-state index is 13.7. The number of para-hydroxylation sites is 1. The van der Waals surface area contributed by atoms with E-state index in [2.05, 4.69) is 17.1 Å². The number of methoxy groups -OCH3 is 2. The topological polar surface area (TPSA) is 88.2 Å². The van der Waals surface area contributed by atoms with E-state index in [9.17, 15) is 8.42 Å². The van der Waals surface area contributed by atoms with Gasteiger partial charge in [-0.25, -0.2) is 12.4 Å². The summed E-state index contributed by atoms with van der Waals surface area (Å²) in [5, 5.41) is 10.5. The zero-order chi connectivity index (χ0) is 26.7. The van der Waals surface area contributed by atoms with E-state index in [1.807, 2.05) is 41.0 Å². The summed E-state index contributed by atoms with van der Waals surface area (Å²) in [5.41, 5.74) is 1.90. The summed E-state index contributed by atoms with van der Waals surface area (Å²) in [4.78, 5) is 0.207. The third-order valence-corrected chi connectivity index (χ3v) is 8.91. The van der Waals surface area contributed by atoms with Crippen LogP contribution in [-0.2, 0) is 10.0 Å². The molecule has 196 valence electrons. The van der Waals surface area contributed by atoms with Gasteiger partial charge in [0.1, 0.15) is 11.5 Å². The van der Waals surface area contributed by atoms with Crippen LogP contribution in [-0.4, -0.2) is 47.1 Å². The summed E-state index contributed by atoms with van der Waals surface area (Å²) in [6.07, 6.45) is 3.71. The van der Waals surface area contributed by atoms with E-state index in [1.165, 1.54) is 3.97 Å². The Morgan fingerprint density at radius 1 is 0.921 bits per heavy atom. The van der Waals surface area contributed by atoms with E-state index >= 15 is 0 Å². The lowest BCUT2D eigenvalue weighted by Crippen LogP contribution is -2.11. The van der Waals surface area contributed by atoms with Crippen LogP contribution < -0.4 is 9.47 Å². The summed E-state index contributed by atoms with van der Waals surface area (Å²) in [7, 11) is -0.638. The van der Waals surface area contributed by atoms with Crippen molar-refractivity contribution in [3.8, 4) is 28.6 Å². The molecule has 2 heterocycles. The van der Waals surface area contributed by atoms with Crippen LogP contribution in [0.4, 0.5) is 0 Å². The molecule has 0 bridgehead atoms. The van der Waals surface area contributed by atoms with Crippen molar-refractivity contribution in [2.75, 3.05) is 20.0 Å². The fourth-order valence-corrected chi connectivity index (χ4v) is 6.69. The van der Waals surface area contributed by atoms with E-state index in [0.29, 0.717) is 39.2 Å². The van der Waals surface area contributed by atoms with Crippen LogP contribution in [0.1, 0.15) is 19.8 Å². The molecule has 2 aromatic heterocycles. The number of nitrogens with zero attached hydrogens (tertiary/aromatic N) is 4. The molecule has 0 aliphatic rings. The average Bonchev–Trinajstić information content (AvgIpc) is 3.55. The lowest BCUT2D eigenvalue weighted by molar-refractivity contribution is 0.401. The van der Waals surface area contributed by atoms with Gasteiger partial charge in [-0.1, -0.05) is 61.5 Å². The second-order valence-corrected chi connectivity index (χ2v) is 11.4. The van der Waals surface area contributed by atoms with E-state index in [1.54, 1.807) is 68.6 Å². The number of hydrogen-bond donors (Lipinski definition) is 0. The highest BCUT2D eigenvalue weighted by molar-refractivity contribution is 7.99. The molecule has 0 amide bonds. The maximum atomic E-state index is 13.7. The average molecular weight is 549 g/mol. The maximum Gasteiger partial charge on any atom is 0.268 e. The molecule has 0 atom stereocenters. The molecule has 0 saturated heterocycles. The van der Waals surface area contributed by atoms with Crippen LogP contribution in [0, 0.1) is 0 Å². The van der Waals surface area contributed by atoms with Gasteiger partial charge in [-0.3, -0.25) is 4.57 Å². The Bertz CT molecular complexity index is 1680. The van der Waals surface area contributed by atoms with Crippen LogP contribution in [0.2, 0.25) is 0 Å². The third-order valence-electron chi connectivity index (χ3n) is 6.21. The number of rotatable bonds is 10. The highest BCUT2D eigenvalue weighted by Gasteiger charge is 2.26. The molecular weight excluding hydrogens is 520 g/mol. The second-order valence-electron chi connectivity index (χ2n) is 8.56. The Morgan fingerprint density at radius 2 is 1.68 bits per heavy atom. The monoisotopic (exact) mass is 548 g/mol. The molecule has 5 rings (SSSR count). The Morgan fingerprint density at radius 3 is 2.42 bits per heavy atom. The summed E-state index contributed by atoms with van der Waals surface area (Å²) in [6.45, 7) is 2.14. The standard InChI is InChI=1S/C28H28N4O4S2/c1-4-5-17-37-28-30-29-27(32(28)25-18-20(35-2)15-16-26(25)36-3)23-19-31(24-14-10-9-13-22(23)24)38(33,34)21-11-7-6-8-12-21/h6-16,18-19H,4-5,17H2,1-3H3. The molecule has 0 N–H and O–H groups in total. The van der Waals surface area contributed by atoms with Crippen molar-refractivity contribution in [3.05, 3.63) is 79.0 Å². The fourth-order valence-electron chi connectivity index (χ4n) is 4.27. The largest absolute Gasteiger partial charge is 0.497 e. The van der Waals surface area contributed by atoms with Gasteiger partial charge in [0.25, 0.3) is 10.0 Å². The number of hydrogen-bond acceptors (Lipinski definition) is 7. The highest BCUT2D eigenvalue weighted by atomic mass is 32.2. The van der Waals surface area contributed by atoms with Crippen molar-refractivity contribution in [2.24, 2.45) is 0 Å². The fraction of sp³-hybridized carbons (Fsp3) is 0.214. The SMILES string of the molecule is CCCCSc1nnc(-c2cn(S(=O)(=O)c3ccccc3)c3ccccc23)n1-c1cc(OC)ccc1OC. The van der Waals surface area contributed by atoms with Crippen molar-refractivity contribution in [1.29, 1.82) is 0 Å². The quantitative estimate of drug-likeness (QED) is 0.155. The Balaban J connectivity index is 1.77. The molecule has 0 aliphatic carbocycles. The lowest BCUT2D eigenvalue weighted by atomic mass is 10.1. The molecule has 0 aliphatic heterocycles. The van der Waals surface area contributed by atoms with Gasteiger partial charge in [0.05, 0.1) is 30.3 Å². The van der Waals surface area contributed by atoms with Crippen molar-refractivity contribution in [1.82, 2.24) is 18.7 Å². The van der Waals surface area contributed by atoms with E-state index < -0.39 is 10.0 Å². The predicted molar refractivity (Wildman–Crippen MR) is 150 cm³/mol. The van der Waals surface area contributed by atoms with Gasteiger partial charge >= 0.3 is 0 Å². The normalized spacial score (nSPS) is 11.7. The van der Waals surface area contributed by atoms with Crippen molar-refractivity contribution < 1.29 is 17.9 Å². The first-order valence-corrected chi connectivity index (χ1v) is 14.6. The van der Waals surface area contributed by atoms with Gasteiger partial charge in [-0.05, 0) is 36.8 Å². The Labute approximate surface area is 226 Å². The number of benzene rings is 3. The summed E-state index contributed by atoms with van der Waals surface area (Å²) >= 11 is 1.60. The molecule has 8 nitrogen and oxygen atoms in total. The third kappa shape index (κ3) is 4.65. The minimum absolute atomic E-state index is 0.207. The minimum Gasteiger partial charge on any atom is -0.497 e. The smallest absolute Gasteiger partial charge is 0.268 e. The zero-order valence-corrected chi connectivity index (χ0v) is 23.0. The minimum atomic E-state index is -3.86. The van der Waals surface area contributed by atoms with Crippen LogP contribution in [0.3, 0.4) is 0 Å². The van der Waals surface area contributed by atoms with E-state index in [4.69, 9.17) is 9.47 Å². The van der Waals surface area contributed by atoms with Crippen molar-refractivity contribution in [3.63, 3.8) is 0 Å². The van der Waals surface area contributed by atoms with Crippen LogP contribution in [0.5, 0.6) is 11.5 Å². The zero-order valence-electron chi connectivity index (χ0n) is 21.4. The van der Waals surface area contributed by atoms with Gasteiger partial charge in [-0.2, -0.15) is 0 Å². The van der Waals surface area contributed by atoms with Gasteiger partial charge < -0.3 is 9.47 Å². The number of aromatic nitrogens is 4. The molecule has 3 aromatic carbocycles. The number of unbranched alkanes of at least 4 members (excludes halogenated alkanes) is 1. The Kier molecular flexibility index (Phi) is 7.44. The van der Waals surface area contributed by atoms with E-state index in [-0.39, 0.29) is 4.90 Å². The first-order valence-electron chi connectivity index (χ1n) is 12.2. The Hall–Kier alpha value is -3.76. The van der Waals surface area contributed by atoms with E-state index in [0.717, 1.165) is 24.0 Å². The summed E-state index contributed by atoms with van der Waals surface area (Å²) < 4.78 is 41.8. The van der Waals surface area contributed by atoms with Gasteiger partial charge in [-0.15, -0.1) is 10.2 Å². The molecule has 0 fully saturated rings. The molecule has 0 unspecified atom stereocenters. The first kappa shape index (κ1) is 25.9.